The molecule has 0 unspecified atom stereocenters. The molecule has 0 radical (unpaired) electrons. The van der Waals surface area contributed by atoms with Crippen molar-refractivity contribution < 1.29 is 14.3 Å². The van der Waals surface area contributed by atoms with Gasteiger partial charge in [0, 0.05) is 18.8 Å². The number of carbonyl (C=O) groups excluding carboxylic acids is 1. The van der Waals surface area contributed by atoms with Crippen molar-refractivity contribution in [3.05, 3.63) is 12.2 Å². The molecule has 0 aliphatic rings. The van der Waals surface area contributed by atoms with Crippen LogP contribution < -0.4 is 0 Å². The van der Waals surface area contributed by atoms with Crippen LogP contribution in [-0.4, -0.2) is 25.8 Å². The molecule has 0 aromatic rings. The van der Waals surface area contributed by atoms with E-state index in [9.17, 15) is 4.79 Å². The Labute approximate surface area is 156 Å². The molecular weight excluding hydrogens is 312 g/mol. The average molecular weight is 355 g/mol. The molecule has 148 valence electrons. The zero-order chi connectivity index (χ0) is 18.6. The molecule has 25 heavy (non-hydrogen) atoms. The molecule has 0 aromatic heterocycles. The number of ether oxygens (including phenoxy) is 2. The maximum atomic E-state index is 11.2. The standard InChI is InChI=1S/C22H42O3/c1-4-5-6-7-12-15-18-24-19-16-13-10-8-9-11-14-17-20-25-22(23)21(2)3/h2,4-20H2,1,3H3. The Morgan fingerprint density at radius 1 is 0.680 bits per heavy atom. The fourth-order valence-corrected chi connectivity index (χ4v) is 2.74. The van der Waals surface area contributed by atoms with Crippen LogP contribution in [0, 0.1) is 0 Å². The van der Waals surface area contributed by atoms with Crippen molar-refractivity contribution in [2.45, 2.75) is 104 Å². The first-order chi connectivity index (χ1) is 12.2. The van der Waals surface area contributed by atoms with Gasteiger partial charge in [-0.2, -0.15) is 0 Å². The van der Waals surface area contributed by atoms with Crippen molar-refractivity contribution in [2.24, 2.45) is 0 Å². The van der Waals surface area contributed by atoms with Gasteiger partial charge < -0.3 is 9.47 Å². The van der Waals surface area contributed by atoms with Crippen molar-refractivity contribution in [1.29, 1.82) is 0 Å². The van der Waals surface area contributed by atoms with E-state index in [4.69, 9.17) is 9.47 Å². The van der Waals surface area contributed by atoms with Gasteiger partial charge in [0.15, 0.2) is 0 Å². The summed E-state index contributed by atoms with van der Waals surface area (Å²) in [6.45, 7) is 9.92. The summed E-state index contributed by atoms with van der Waals surface area (Å²) in [7, 11) is 0. The maximum absolute atomic E-state index is 11.2. The average Bonchev–Trinajstić information content (AvgIpc) is 2.60. The van der Waals surface area contributed by atoms with E-state index in [1.54, 1.807) is 6.92 Å². The molecule has 3 nitrogen and oxygen atoms in total. The number of carbonyl (C=O) groups is 1. The van der Waals surface area contributed by atoms with E-state index in [1.165, 1.54) is 77.0 Å². The highest BCUT2D eigenvalue weighted by Crippen LogP contribution is 2.09. The molecule has 0 aliphatic carbocycles. The monoisotopic (exact) mass is 354 g/mol. The van der Waals surface area contributed by atoms with Gasteiger partial charge in [-0.25, -0.2) is 4.79 Å². The minimum Gasteiger partial charge on any atom is -0.462 e. The lowest BCUT2D eigenvalue weighted by Crippen LogP contribution is -2.05. The Balaban J connectivity index is 3.05. The minimum atomic E-state index is -0.265. The van der Waals surface area contributed by atoms with Crippen LogP contribution in [0.1, 0.15) is 104 Å². The number of rotatable bonds is 19. The molecule has 0 fully saturated rings. The Bertz CT molecular complexity index is 312. The summed E-state index contributed by atoms with van der Waals surface area (Å²) in [4.78, 5) is 11.2. The zero-order valence-corrected chi connectivity index (χ0v) is 17.0. The van der Waals surface area contributed by atoms with Gasteiger partial charge in [0.1, 0.15) is 0 Å². The SMILES string of the molecule is C=C(C)C(=O)OCCCCCCCCCCOCCCCCCCC. The normalized spacial score (nSPS) is 10.8. The van der Waals surface area contributed by atoms with Gasteiger partial charge in [-0.3, -0.25) is 0 Å². The van der Waals surface area contributed by atoms with Crippen LogP contribution in [0.3, 0.4) is 0 Å². The highest BCUT2D eigenvalue weighted by Gasteiger charge is 2.01. The molecule has 0 aliphatic heterocycles. The lowest BCUT2D eigenvalue weighted by molar-refractivity contribution is -0.139. The predicted molar refractivity (Wildman–Crippen MR) is 107 cm³/mol. The second-order valence-electron chi connectivity index (χ2n) is 7.12. The summed E-state index contributed by atoms with van der Waals surface area (Å²) in [6.07, 6.45) is 17.7. The number of hydrogen-bond acceptors (Lipinski definition) is 3. The summed E-state index contributed by atoms with van der Waals surface area (Å²) in [5, 5.41) is 0. The van der Waals surface area contributed by atoms with Gasteiger partial charge in [-0.1, -0.05) is 84.1 Å². The third kappa shape index (κ3) is 19.3. The predicted octanol–water partition coefficient (Wildman–Crippen LogP) is 6.60. The molecule has 0 atom stereocenters. The summed E-state index contributed by atoms with van der Waals surface area (Å²) >= 11 is 0. The van der Waals surface area contributed by atoms with Crippen LogP contribution in [0.4, 0.5) is 0 Å². The van der Waals surface area contributed by atoms with Crippen LogP contribution in [0.2, 0.25) is 0 Å². The highest BCUT2D eigenvalue weighted by atomic mass is 16.5. The fourth-order valence-electron chi connectivity index (χ4n) is 2.74. The topological polar surface area (TPSA) is 35.5 Å². The summed E-state index contributed by atoms with van der Waals surface area (Å²) in [6, 6.07) is 0. The van der Waals surface area contributed by atoms with Crippen molar-refractivity contribution in [1.82, 2.24) is 0 Å². The van der Waals surface area contributed by atoms with Crippen molar-refractivity contribution >= 4 is 5.97 Å². The third-order valence-corrected chi connectivity index (χ3v) is 4.41. The Morgan fingerprint density at radius 2 is 1.08 bits per heavy atom. The maximum Gasteiger partial charge on any atom is 0.333 e. The smallest absolute Gasteiger partial charge is 0.333 e. The highest BCUT2D eigenvalue weighted by molar-refractivity contribution is 5.86. The first-order valence-electron chi connectivity index (χ1n) is 10.6. The molecule has 0 saturated heterocycles. The second-order valence-corrected chi connectivity index (χ2v) is 7.12. The Kier molecular flexibility index (Phi) is 18.8. The first-order valence-corrected chi connectivity index (χ1v) is 10.6. The van der Waals surface area contributed by atoms with E-state index >= 15 is 0 Å². The van der Waals surface area contributed by atoms with E-state index in [0.29, 0.717) is 12.2 Å². The summed E-state index contributed by atoms with van der Waals surface area (Å²) in [5.74, 6) is -0.265. The molecule has 0 aromatic carbocycles. The minimum absolute atomic E-state index is 0.265. The van der Waals surface area contributed by atoms with Crippen LogP contribution >= 0.6 is 0 Å². The van der Waals surface area contributed by atoms with Crippen molar-refractivity contribution in [2.75, 3.05) is 19.8 Å². The van der Waals surface area contributed by atoms with Gasteiger partial charge in [-0.05, 0) is 26.2 Å². The molecule has 0 rings (SSSR count). The molecular formula is C22H42O3. The first kappa shape index (κ1) is 24.2. The van der Waals surface area contributed by atoms with E-state index in [-0.39, 0.29) is 5.97 Å². The van der Waals surface area contributed by atoms with Crippen LogP contribution in [0.15, 0.2) is 12.2 Å². The lowest BCUT2D eigenvalue weighted by atomic mass is 10.1. The molecule has 0 heterocycles. The molecule has 3 heteroatoms. The van der Waals surface area contributed by atoms with Gasteiger partial charge in [0.25, 0.3) is 0 Å². The van der Waals surface area contributed by atoms with E-state index in [0.717, 1.165) is 26.1 Å². The Morgan fingerprint density at radius 3 is 1.52 bits per heavy atom. The number of esters is 1. The van der Waals surface area contributed by atoms with Crippen LogP contribution in [0.5, 0.6) is 0 Å². The third-order valence-electron chi connectivity index (χ3n) is 4.41. The fraction of sp³-hybridized carbons (Fsp3) is 0.864. The molecule has 0 N–H and O–H groups in total. The molecule has 0 amide bonds. The van der Waals surface area contributed by atoms with E-state index in [1.807, 2.05) is 0 Å². The second kappa shape index (κ2) is 19.5. The van der Waals surface area contributed by atoms with E-state index in [2.05, 4.69) is 13.5 Å². The van der Waals surface area contributed by atoms with Crippen molar-refractivity contribution in [3.8, 4) is 0 Å². The largest absolute Gasteiger partial charge is 0.462 e. The number of hydrogen-bond donors (Lipinski definition) is 0. The quantitative estimate of drug-likeness (QED) is 0.149. The van der Waals surface area contributed by atoms with E-state index < -0.39 is 0 Å². The van der Waals surface area contributed by atoms with Gasteiger partial charge in [-0.15, -0.1) is 0 Å². The van der Waals surface area contributed by atoms with Crippen LogP contribution in [0.25, 0.3) is 0 Å². The zero-order valence-electron chi connectivity index (χ0n) is 17.0. The van der Waals surface area contributed by atoms with Crippen molar-refractivity contribution in [3.63, 3.8) is 0 Å². The van der Waals surface area contributed by atoms with Crippen LogP contribution in [-0.2, 0) is 14.3 Å². The molecule has 0 saturated carbocycles. The van der Waals surface area contributed by atoms with Gasteiger partial charge in [0.05, 0.1) is 6.61 Å². The molecule has 0 bridgehead atoms. The summed E-state index contributed by atoms with van der Waals surface area (Å²) in [5.41, 5.74) is 0.482. The Hall–Kier alpha value is -0.830. The number of unbranched alkanes of at least 4 members (excludes halogenated alkanes) is 12. The molecule has 0 spiro atoms. The van der Waals surface area contributed by atoms with Gasteiger partial charge in [0.2, 0.25) is 0 Å². The lowest BCUT2D eigenvalue weighted by Gasteiger charge is -2.05. The van der Waals surface area contributed by atoms with Gasteiger partial charge >= 0.3 is 5.97 Å². The summed E-state index contributed by atoms with van der Waals surface area (Å²) < 4.78 is 10.8.